The summed E-state index contributed by atoms with van der Waals surface area (Å²) in [6, 6.07) is 0. The summed E-state index contributed by atoms with van der Waals surface area (Å²) < 4.78 is 9.91. The van der Waals surface area contributed by atoms with Gasteiger partial charge in [0, 0.05) is 12.8 Å². The Morgan fingerprint density at radius 2 is 1.21 bits per heavy atom. The standard InChI is InChI=1S/C29H46O10/c1-3-5-7-8-9-10-11-12-13-14-15-16-17-18-19-21-23(31)39-27(29(36)37)26(24(32)25(33)28(34)35)38-22(30)20-6-4-2/h5,7,9-10,12-13,24-27,32-33H,3-4,6,8,11,14-21H2,1-2H3,(H,34,35)(H,36,37)/t24-,25+,26+,27-/m1/s1. The van der Waals surface area contributed by atoms with E-state index in [1.165, 1.54) is 0 Å². The number of aliphatic hydroxyl groups excluding tert-OH is 2. The molecular weight excluding hydrogens is 508 g/mol. The molecule has 0 aromatic heterocycles. The van der Waals surface area contributed by atoms with Gasteiger partial charge in [0.2, 0.25) is 6.10 Å². The summed E-state index contributed by atoms with van der Waals surface area (Å²) in [6.45, 7) is 3.91. The smallest absolute Gasteiger partial charge is 0.349 e. The van der Waals surface area contributed by atoms with E-state index in [1.54, 1.807) is 6.92 Å². The zero-order valence-corrected chi connectivity index (χ0v) is 23.2. The first-order chi connectivity index (χ1) is 18.6. The predicted molar refractivity (Wildman–Crippen MR) is 146 cm³/mol. The highest BCUT2D eigenvalue weighted by atomic mass is 16.6. The molecule has 0 unspecified atom stereocenters. The number of carbonyl (C=O) groups excluding carboxylic acids is 2. The summed E-state index contributed by atoms with van der Waals surface area (Å²) >= 11 is 0. The van der Waals surface area contributed by atoms with Crippen molar-refractivity contribution in [2.24, 2.45) is 0 Å². The maximum Gasteiger partial charge on any atom is 0.349 e. The Bertz CT molecular complexity index is 802. The number of allylic oxidation sites excluding steroid dienone is 6. The van der Waals surface area contributed by atoms with Gasteiger partial charge in [-0.2, -0.15) is 0 Å². The lowest BCUT2D eigenvalue weighted by Gasteiger charge is -2.29. The summed E-state index contributed by atoms with van der Waals surface area (Å²) in [5.74, 6) is -5.40. The van der Waals surface area contributed by atoms with Crippen molar-refractivity contribution < 1.29 is 49.1 Å². The molecule has 0 bridgehead atoms. The number of ether oxygens (including phenoxy) is 2. The zero-order valence-electron chi connectivity index (χ0n) is 23.2. The molecule has 0 aliphatic heterocycles. The molecule has 222 valence electrons. The highest BCUT2D eigenvalue weighted by Gasteiger charge is 2.44. The van der Waals surface area contributed by atoms with Crippen LogP contribution in [0.15, 0.2) is 36.5 Å². The molecule has 0 spiro atoms. The SMILES string of the molecule is CCC=CCC=CCC=CCCCCCCCC(=O)O[C@@H](C(=O)O)[C@@H](OC(=O)CCCC)[C@H](O)[C@H](O)C(=O)O. The van der Waals surface area contributed by atoms with Crippen molar-refractivity contribution in [3.8, 4) is 0 Å². The molecule has 0 saturated heterocycles. The normalized spacial score (nSPS) is 14.9. The molecule has 0 radical (unpaired) electrons. The quantitative estimate of drug-likeness (QED) is 0.0803. The third kappa shape index (κ3) is 18.0. The molecule has 0 aromatic rings. The maximum absolute atomic E-state index is 12.3. The number of hydrogen-bond acceptors (Lipinski definition) is 8. The Hall–Kier alpha value is -2.98. The van der Waals surface area contributed by atoms with E-state index in [4.69, 9.17) is 14.6 Å². The first-order valence-corrected chi connectivity index (χ1v) is 13.8. The lowest BCUT2D eigenvalue weighted by atomic mass is 10.0. The molecule has 0 aliphatic rings. The van der Waals surface area contributed by atoms with Crippen LogP contribution in [-0.2, 0) is 28.7 Å². The molecule has 10 nitrogen and oxygen atoms in total. The second-order valence-electron chi connectivity index (χ2n) is 9.18. The minimum atomic E-state index is -2.45. The lowest BCUT2D eigenvalue weighted by Crippen LogP contribution is -2.53. The van der Waals surface area contributed by atoms with Crippen LogP contribution >= 0.6 is 0 Å². The number of esters is 2. The second kappa shape index (κ2) is 23.0. The molecule has 0 amide bonds. The zero-order chi connectivity index (χ0) is 29.5. The van der Waals surface area contributed by atoms with E-state index in [-0.39, 0.29) is 12.8 Å². The van der Waals surface area contributed by atoms with Crippen molar-refractivity contribution in [3.63, 3.8) is 0 Å². The second-order valence-corrected chi connectivity index (χ2v) is 9.18. The molecule has 0 saturated carbocycles. The van der Waals surface area contributed by atoms with Gasteiger partial charge in [0.05, 0.1) is 0 Å². The minimum absolute atomic E-state index is 0.0997. The van der Waals surface area contributed by atoms with Gasteiger partial charge in [0.15, 0.2) is 12.2 Å². The van der Waals surface area contributed by atoms with Crippen molar-refractivity contribution in [3.05, 3.63) is 36.5 Å². The Morgan fingerprint density at radius 3 is 1.79 bits per heavy atom. The van der Waals surface area contributed by atoms with E-state index in [1.807, 2.05) is 0 Å². The van der Waals surface area contributed by atoms with E-state index in [0.717, 1.165) is 51.4 Å². The largest absolute Gasteiger partial charge is 0.479 e. The average Bonchev–Trinajstić information content (AvgIpc) is 2.90. The average molecular weight is 555 g/mol. The summed E-state index contributed by atoms with van der Waals surface area (Å²) in [4.78, 5) is 47.2. The van der Waals surface area contributed by atoms with Crippen molar-refractivity contribution >= 4 is 23.9 Å². The van der Waals surface area contributed by atoms with Crippen LogP contribution in [0, 0.1) is 0 Å². The minimum Gasteiger partial charge on any atom is -0.479 e. The number of aliphatic carboxylic acids is 2. The predicted octanol–water partition coefficient (Wildman–Crippen LogP) is 4.48. The first kappa shape index (κ1) is 36.0. The topological polar surface area (TPSA) is 168 Å². The fourth-order valence-electron chi connectivity index (χ4n) is 3.52. The van der Waals surface area contributed by atoms with Crippen LogP contribution in [0.4, 0.5) is 0 Å². The Balaban J connectivity index is 4.56. The van der Waals surface area contributed by atoms with E-state index in [2.05, 4.69) is 43.4 Å². The van der Waals surface area contributed by atoms with Gasteiger partial charge < -0.3 is 29.9 Å². The van der Waals surface area contributed by atoms with Crippen LogP contribution in [0.1, 0.15) is 97.3 Å². The third-order valence-corrected chi connectivity index (χ3v) is 5.75. The fourth-order valence-corrected chi connectivity index (χ4v) is 3.52. The van der Waals surface area contributed by atoms with Crippen LogP contribution in [0.5, 0.6) is 0 Å². The number of aliphatic hydroxyl groups is 2. The number of carboxylic acids is 2. The number of hydrogen-bond donors (Lipinski definition) is 4. The molecule has 0 heterocycles. The lowest BCUT2D eigenvalue weighted by molar-refractivity contribution is -0.196. The highest BCUT2D eigenvalue weighted by Crippen LogP contribution is 2.17. The van der Waals surface area contributed by atoms with Gasteiger partial charge in [0.1, 0.15) is 6.10 Å². The number of unbranched alkanes of at least 4 members (excludes halogenated alkanes) is 6. The number of rotatable bonds is 23. The van der Waals surface area contributed by atoms with Crippen LogP contribution in [0.3, 0.4) is 0 Å². The van der Waals surface area contributed by atoms with Crippen molar-refractivity contribution in [2.45, 2.75) is 122 Å². The van der Waals surface area contributed by atoms with E-state index < -0.39 is 48.3 Å². The van der Waals surface area contributed by atoms with E-state index in [0.29, 0.717) is 19.3 Å². The number of carboxylic acid groups (broad SMARTS) is 2. The molecule has 10 heteroatoms. The molecule has 0 aromatic carbocycles. The van der Waals surface area contributed by atoms with Crippen molar-refractivity contribution in [1.82, 2.24) is 0 Å². The van der Waals surface area contributed by atoms with Crippen LogP contribution in [0.25, 0.3) is 0 Å². The third-order valence-electron chi connectivity index (χ3n) is 5.75. The number of carbonyl (C=O) groups is 4. The van der Waals surface area contributed by atoms with Gasteiger partial charge >= 0.3 is 23.9 Å². The first-order valence-electron chi connectivity index (χ1n) is 13.8. The van der Waals surface area contributed by atoms with Crippen LogP contribution < -0.4 is 0 Å². The Morgan fingerprint density at radius 1 is 0.667 bits per heavy atom. The van der Waals surface area contributed by atoms with E-state index in [9.17, 15) is 34.5 Å². The molecule has 0 fully saturated rings. The van der Waals surface area contributed by atoms with Gasteiger partial charge in [0.25, 0.3) is 0 Å². The molecule has 4 atom stereocenters. The summed E-state index contributed by atoms with van der Waals surface area (Å²) in [5.41, 5.74) is 0. The Kier molecular flexibility index (Phi) is 21.2. The molecule has 0 rings (SSSR count). The van der Waals surface area contributed by atoms with Gasteiger partial charge in [-0.25, -0.2) is 9.59 Å². The van der Waals surface area contributed by atoms with Gasteiger partial charge in [-0.3, -0.25) is 9.59 Å². The summed E-state index contributed by atoms with van der Waals surface area (Å²) in [5, 5.41) is 38.4. The highest BCUT2D eigenvalue weighted by molar-refractivity contribution is 5.80. The van der Waals surface area contributed by atoms with E-state index >= 15 is 0 Å². The monoisotopic (exact) mass is 554 g/mol. The van der Waals surface area contributed by atoms with Crippen LogP contribution in [0.2, 0.25) is 0 Å². The van der Waals surface area contributed by atoms with Gasteiger partial charge in [-0.1, -0.05) is 76.0 Å². The fraction of sp³-hybridized carbons (Fsp3) is 0.655. The molecule has 0 aliphatic carbocycles. The van der Waals surface area contributed by atoms with Gasteiger partial charge in [-0.15, -0.1) is 0 Å². The summed E-state index contributed by atoms with van der Waals surface area (Å²) in [7, 11) is 0. The molecular formula is C29H46O10. The Labute approximate surface area is 231 Å². The van der Waals surface area contributed by atoms with Crippen LogP contribution in [-0.4, -0.2) is 68.7 Å². The van der Waals surface area contributed by atoms with Crippen molar-refractivity contribution in [2.75, 3.05) is 0 Å². The molecule has 4 N–H and O–H groups in total. The molecule has 39 heavy (non-hydrogen) atoms. The van der Waals surface area contributed by atoms with Gasteiger partial charge in [-0.05, 0) is 44.9 Å². The van der Waals surface area contributed by atoms with Crippen molar-refractivity contribution in [1.29, 1.82) is 0 Å². The summed E-state index contributed by atoms with van der Waals surface area (Å²) in [6.07, 6.45) is 12.5. The maximum atomic E-state index is 12.3.